The molecule has 0 aromatic heterocycles. The average Bonchev–Trinajstić information content (AvgIpc) is 2.86. The predicted octanol–water partition coefficient (Wildman–Crippen LogP) is 2.70. The summed E-state index contributed by atoms with van der Waals surface area (Å²) in [6.07, 6.45) is -0.529. The number of hydrogen-bond donors (Lipinski definition) is 3. The van der Waals surface area contributed by atoms with Gasteiger partial charge in [0.25, 0.3) is 0 Å². The van der Waals surface area contributed by atoms with Crippen molar-refractivity contribution in [2.45, 2.75) is 25.7 Å². The Labute approximate surface area is 198 Å². The SMILES string of the molecule is NC(=O)[C@@H](Cc1ccc(OCc2ccccc2)cc1)NC(=O)CNC(=O)OCc1ccccc1. The van der Waals surface area contributed by atoms with Crippen LogP contribution in [0.1, 0.15) is 16.7 Å². The molecular formula is C26H27N3O5. The van der Waals surface area contributed by atoms with E-state index in [0.717, 1.165) is 16.7 Å². The van der Waals surface area contributed by atoms with Crippen molar-refractivity contribution in [3.63, 3.8) is 0 Å². The van der Waals surface area contributed by atoms with Gasteiger partial charge in [0.15, 0.2) is 0 Å². The Morgan fingerprint density at radius 2 is 1.35 bits per heavy atom. The third kappa shape index (κ3) is 8.31. The van der Waals surface area contributed by atoms with E-state index in [2.05, 4.69) is 10.6 Å². The number of carbonyl (C=O) groups excluding carboxylic acids is 3. The number of hydrogen-bond acceptors (Lipinski definition) is 5. The minimum absolute atomic E-state index is 0.0866. The highest BCUT2D eigenvalue weighted by Crippen LogP contribution is 2.15. The Morgan fingerprint density at radius 3 is 1.94 bits per heavy atom. The Hall–Kier alpha value is -4.33. The maximum Gasteiger partial charge on any atom is 0.407 e. The summed E-state index contributed by atoms with van der Waals surface area (Å²) < 4.78 is 10.8. The fourth-order valence-corrected chi connectivity index (χ4v) is 3.09. The number of nitrogens with one attached hydrogen (secondary N) is 2. The van der Waals surface area contributed by atoms with Crippen LogP contribution < -0.4 is 21.1 Å². The molecule has 0 unspecified atom stereocenters. The second-order valence-electron chi connectivity index (χ2n) is 7.56. The quantitative estimate of drug-likeness (QED) is 0.406. The summed E-state index contributed by atoms with van der Waals surface area (Å²) in [6, 6.07) is 25.2. The Kier molecular flexibility index (Phi) is 9.04. The van der Waals surface area contributed by atoms with Crippen LogP contribution in [0.4, 0.5) is 4.79 Å². The average molecular weight is 462 g/mol. The molecule has 1 atom stereocenters. The van der Waals surface area contributed by atoms with E-state index in [9.17, 15) is 14.4 Å². The lowest BCUT2D eigenvalue weighted by atomic mass is 10.1. The number of carbonyl (C=O) groups is 3. The minimum Gasteiger partial charge on any atom is -0.489 e. The van der Waals surface area contributed by atoms with Crippen LogP contribution in [0.2, 0.25) is 0 Å². The summed E-state index contributed by atoms with van der Waals surface area (Å²) >= 11 is 0. The van der Waals surface area contributed by atoms with Crippen molar-refractivity contribution >= 4 is 17.9 Å². The molecule has 8 heteroatoms. The zero-order valence-electron chi connectivity index (χ0n) is 18.6. The van der Waals surface area contributed by atoms with Crippen LogP contribution in [-0.2, 0) is 34.0 Å². The molecule has 0 aliphatic carbocycles. The maximum absolute atomic E-state index is 12.2. The van der Waals surface area contributed by atoms with Crippen LogP contribution in [0.15, 0.2) is 84.9 Å². The molecule has 0 bridgehead atoms. The third-order valence-corrected chi connectivity index (χ3v) is 4.90. The van der Waals surface area contributed by atoms with Crippen molar-refractivity contribution in [2.75, 3.05) is 6.54 Å². The van der Waals surface area contributed by atoms with Gasteiger partial charge < -0.3 is 25.8 Å². The van der Waals surface area contributed by atoms with Crippen LogP contribution in [0, 0.1) is 0 Å². The van der Waals surface area contributed by atoms with Crippen molar-refractivity contribution < 1.29 is 23.9 Å². The molecule has 0 aliphatic rings. The summed E-state index contributed by atoms with van der Waals surface area (Å²) in [5.41, 5.74) is 8.13. The van der Waals surface area contributed by atoms with E-state index in [1.54, 1.807) is 12.1 Å². The first-order chi connectivity index (χ1) is 16.5. The molecule has 0 saturated carbocycles. The van der Waals surface area contributed by atoms with Gasteiger partial charge in [0.05, 0.1) is 0 Å². The zero-order chi connectivity index (χ0) is 24.2. The van der Waals surface area contributed by atoms with Crippen molar-refractivity contribution in [1.29, 1.82) is 0 Å². The topological polar surface area (TPSA) is 120 Å². The standard InChI is InChI=1S/C26H27N3O5/c27-25(31)23(29-24(30)16-28-26(32)34-18-21-9-5-2-6-10-21)15-19-11-13-22(14-12-19)33-17-20-7-3-1-4-8-20/h1-14,23H,15-18H2,(H2,27,31)(H,28,32)(H,29,30)/t23-/m1/s1. The lowest BCUT2D eigenvalue weighted by Gasteiger charge is -2.16. The molecule has 3 rings (SSSR count). The number of primary amides is 1. The molecule has 0 radical (unpaired) electrons. The van der Waals surface area contributed by atoms with Gasteiger partial charge in [0.2, 0.25) is 11.8 Å². The fourth-order valence-electron chi connectivity index (χ4n) is 3.09. The molecule has 176 valence electrons. The highest BCUT2D eigenvalue weighted by atomic mass is 16.5. The predicted molar refractivity (Wildman–Crippen MR) is 127 cm³/mol. The van der Waals surface area contributed by atoms with E-state index in [1.165, 1.54) is 0 Å². The number of benzene rings is 3. The Morgan fingerprint density at radius 1 is 0.765 bits per heavy atom. The van der Waals surface area contributed by atoms with Gasteiger partial charge in [-0.3, -0.25) is 9.59 Å². The van der Waals surface area contributed by atoms with Crippen LogP contribution in [0.3, 0.4) is 0 Å². The second kappa shape index (κ2) is 12.6. The largest absolute Gasteiger partial charge is 0.489 e. The Bertz CT molecular complexity index is 1070. The van der Waals surface area contributed by atoms with Crippen molar-refractivity contribution in [2.24, 2.45) is 5.73 Å². The molecule has 0 aliphatic heterocycles. The molecule has 3 aromatic rings. The molecule has 0 heterocycles. The summed E-state index contributed by atoms with van der Waals surface area (Å²) in [4.78, 5) is 35.8. The first kappa shape index (κ1) is 24.3. The van der Waals surface area contributed by atoms with Gasteiger partial charge in [-0.25, -0.2) is 4.79 Å². The minimum atomic E-state index is -0.925. The van der Waals surface area contributed by atoms with Gasteiger partial charge in [-0.15, -0.1) is 0 Å². The third-order valence-electron chi connectivity index (χ3n) is 4.90. The van der Waals surface area contributed by atoms with E-state index in [-0.39, 0.29) is 19.6 Å². The maximum atomic E-state index is 12.2. The van der Waals surface area contributed by atoms with E-state index >= 15 is 0 Å². The number of alkyl carbamates (subject to hydrolysis) is 1. The first-order valence-corrected chi connectivity index (χ1v) is 10.8. The lowest BCUT2D eigenvalue weighted by Crippen LogP contribution is -2.49. The molecular weight excluding hydrogens is 434 g/mol. The van der Waals surface area contributed by atoms with Gasteiger partial charge in [-0.05, 0) is 28.8 Å². The van der Waals surface area contributed by atoms with Gasteiger partial charge >= 0.3 is 6.09 Å². The van der Waals surface area contributed by atoms with Crippen LogP contribution in [0.5, 0.6) is 5.75 Å². The molecule has 3 aromatic carbocycles. The summed E-state index contributed by atoms with van der Waals surface area (Å²) in [6.45, 7) is 0.188. The summed E-state index contributed by atoms with van der Waals surface area (Å²) in [5, 5.41) is 4.89. The van der Waals surface area contributed by atoms with Crippen molar-refractivity contribution in [3.05, 3.63) is 102 Å². The molecule has 0 fully saturated rings. The van der Waals surface area contributed by atoms with E-state index < -0.39 is 23.9 Å². The number of rotatable bonds is 11. The monoisotopic (exact) mass is 461 g/mol. The molecule has 0 spiro atoms. The van der Waals surface area contributed by atoms with Crippen LogP contribution >= 0.6 is 0 Å². The van der Waals surface area contributed by atoms with E-state index in [1.807, 2.05) is 72.8 Å². The molecule has 34 heavy (non-hydrogen) atoms. The van der Waals surface area contributed by atoms with Crippen LogP contribution in [-0.4, -0.2) is 30.5 Å². The normalized spacial score (nSPS) is 11.2. The first-order valence-electron chi connectivity index (χ1n) is 10.8. The number of ether oxygens (including phenoxy) is 2. The van der Waals surface area contributed by atoms with Gasteiger partial charge in [-0.1, -0.05) is 72.8 Å². The van der Waals surface area contributed by atoms with Gasteiger partial charge in [0.1, 0.15) is 31.5 Å². The molecule has 3 amide bonds. The highest BCUT2D eigenvalue weighted by Gasteiger charge is 2.19. The lowest BCUT2D eigenvalue weighted by molar-refractivity contribution is -0.126. The number of nitrogens with two attached hydrogens (primary N) is 1. The fraction of sp³-hybridized carbons (Fsp3) is 0.192. The zero-order valence-corrected chi connectivity index (χ0v) is 18.6. The number of amides is 3. The Balaban J connectivity index is 1.42. The summed E-state index contributed by atoms with van der Waals surface area (Å²) in [5.74, 6) is -0.543. The van der Waals surface area contributed by atoms with Gasteiger partial charge in [-0.2, -0.15) is 0 Å². The second-order valence-corrected chi connectivity index (χ2v) is 7.56. The highest BCUT2D eigenvalue weighted by molar-refractivity contribution is 5.88. The van der Waals surface area contributed by atoms with Crippen LogP contribution in [0.25, 0.3) is 0 Å². The smallest absolute Gasteiger partial charge is 0.407 e. The van der Waals surface area contributed by atoms with E-state index in [4.69, 9.17) is 15.2 Å². The van der Waals surface area contributed by atoms with Crippen molar-refractivity contribution in [3.8, 4) is 5.75 Å². The molecule has 4 N–H and O–H groups in total. The molecule has 8 nitrogen and oxygen atoms in total. The molecule has 0 saturated heterocycles. The van der Waals surface area contributed by atoms with E-state index in [0.29, 0.717) is 12.4 Å². The van der Waals surface area contributed by atoms with Crippen molar-refractivity contribution in [1.82, 2.24) is 10.6 Å². The van der Waals surface area contributed by atoms with Gasteiger partial charge in [0, 0.05) is 6.42 Å². The summed E-state index contributed by atoms with van der Waals surface area (Å²) in [7, 11) is 0.